The zero-order valence-electron chi connectivity index (χ0n) is 17.9. The van der Waals surface area contributed by atoms with Gasteiger partial charge in [0.15, 0.2) is 0 Å². The Labute approximate surface area is 188 Å². The van der Waals surface area contributed by atoms with Gasteiger partial charge >= 0.3 is 5.69 Å². The Morgan fingerprint density at radius 2 is 2.06 bits per heavy atom. The molecule has 3 aromatic rings. The van der Waals surface area contributed by atoms with Gasteiger partial charge in [-0.15, -0.1) is 11.3 Å². The Kier molecular flexibility index (Phi) is 6.59. The first kappa shape index (κ1) is 22.1. The molecule has 32 heavy (non-hydrogen) atoms. The summed E-state index contributed by atoms with van der Waals surface area (Å²) in [5, 5.41) is 4.44. The summed E-state index contributed by atoms with van der Waals surface area (Å²) in [5.74, 6) is 0.181. The van der Waals surface area contributed by atoms with Crippen molar-refractivity contribution in [3.8, 4) is 0 Å². The number of carbonyl (C=O) groups excluding carboxylic acids is 2. The van der Waals surface area contributed by atoms with Gasteiger partial charge in [-0.1, -0.05) is 0 Å². The van der Waals surface area contributed by atoms with Crippen LogP contribution in [0.15, 0.2) is 43.8 Å². The van der Waals surface area contributed by atoms with Gasteiger partial charge in [-0.2, -0.15) is 0 Å². The summed E-state index contributed by atoms with van der Waals surface area (Å²) in [6.45, 7) is 2.74. The lowest BCUT2D eigenvalue weighted by Crippen LogP contribution is -2.47. The van der Waals surface area contributed by atoms with Gasteiger partial charge in [0.05, 0.1) is 18.3 Å². The minimum absolute atomic E-state index is 0.0379. The zero-order valence-corrected chi connectivity index (χ0v) is 18.7. The summed E-state index contributed by atoms with van der Waals surface area (Å²) in [5.41, 5.74) is -0.548. The number of piperidine rings is 1. The second-order valence-electron chi connectivity index (χ2n) is 8.00. The predicted octanol–water partition coefficient (Wildman–Crippen LogP) is 1.93. The van der Waals surface area contributed by atoms with Gasteiger partial charge in [0.2, 0.25) is 11.8 Å². The minimum Gasteiger partial charge on any atom is -0.467 e. The summed E-state index contributed by atoms with van der Waals surface area (Å²) in [4.78, 5) is 53.0. The highest BCUT2D eigenvalue weighted by atomic mass is 32.1. The van der Waals surface area contributed by atoms with Crippen molar-refractivity contribution in [3.05, 3.63) is 56.4 Å². The maximum Gasteiger partial charge on any atom is 0.332 e. The molecular weight excluding hydrogens is 432 g/mol. The number of likely N-dealkylation sites (tertiary alicyclic amines) is 1. The topological polar surface area (TPSA) is 107 Å². The molecule has 0 unspecified atom stereocenters. The van der Waals surface area contributed by atoms with Crippen LogP contribution in [0, 0.1) is 0 Å². The number of fused-ring (bicyclic) bond motifs is 1. The van der Waals surface area contributed by atoms with Crippen LogP contribution < -0.4 is 16.6 Å². The average molecular weight is 459 g/mol. The molecule has 0 saturated carbocycles. The van der Waals surface area contributed by atoms with Gasteiger partial charge < -0.3 is 14.6 Å². The summed E-state index contributed by atoms with van der Waals surface area (Å²) in [6.07, 6.45) is 4.47. The van der Waals surface area contributed by atoms with E-state index in [4.69, 9.17) is 4.42 Å². The van der Waals surface area contributed by atoms with Crippen LogP contribution in [0.1, 0.15) is 38.4 Å². The van der Waals surface area contributed by atoms with Crippen molar-refractivity contribution in [1.29, 1.82) is 0 Å². The molecule has 1 saturated heterocycles. The first-order chi connectivity index (χ1) is 15.5. The molecule has 1 N–H and O–H groups in total. The van der Waals surface area contributed by atoms with Crippen molar-refractivity contribution in [2.75, 3.05) is 6.54 Å². The van der Waals surface area contributed by atoms with Gasteiger partial charge in [-0.05, 0) is 49.8 Å². The van der Waals surface area contributed by atoms with Crippen molar-refractivity contribution in [2.24, 2.45) is 0 Å². The summed E-state index contributed by atoms with van der Waals surface area (Å²) >= 11 is 1.23. The molecule has 0 aromatic carbocycles. The Hall–Kier alpha value is -3.14. The normalized spacial score (nSPS) is 16.4. The van der Waals surface area contributed by atoms with E-state index in [0.717, 1.165) is 23.8 Å². The van der Waals surface area contributed by atoms with Gasteiger partial charge in [-0.3, -0.25) is 23.5 Å². The Morgan fingerprint density at radius 3 is 2.81 bits per heavy atom. The number of nitrogens with one attached hydrogen (secondary N) is 1. The van der Waals surface area contributed by atoms with Crippen LogP contribution in [-0.4, -0.2) is 38.4 Å². The van der Waals surface area contributed by atoms with Crippen molar-refractivity contribution >= 4 is 33.4 Å². The van der Waals surface area contributed by atoms with E-state index in [1.54, 1.807) is 23.6 Å². The lowest BCUT2D eigenvalue weighted by molar-refractivity contribution is -0.135. The number of carbonyl (C=O) groups is 2. The molecule has 4 heterocycles. The molecule has 0 radical (unpaired) electrons. The second kappa shape index (κ2) is 9.56. The third-order valence-electron chi connectivity index (χ3n) is 5.86. The number of hydrogen-bond acceptors (Lipinski definition) is 6. The molecule has 10 heteroatoms. The number of rotatable bonds is 7. The van der Waals surface area contributed by atoms with E-state index in [2.05, 4.69) is 5.32 Å². The van der Waals surface area contributed by atoms with Crippen LogP contribution in [0.5, 0.6) is 0 Å². The quantitative estimate of drug-likeness (QED) is 0.582. The third kappa shape index (κ3) is 4.55. The monoisotopic (exact) mass is 458 g/mol. The van der Waals surface area contributed by atoms with Crippen LogP contribution in [0.4, 0.5) is 0 Å². The third-order valence-corrected chi connectivity index (χ3v) is 6.75. The predicted molar refractivity (Wildman–Crippen MR) is 121 cm³/mol. The van der Waals surface area contributed by atoms with Gasteiger partial charge in [-0.25, -0.2) is 4.79 Å². The van der Waals surface area contributed by atoms with E-state index in [-0.39, 0.29) is 43.9 Å². The maximum absolute atomic E-state index is 13.2. The molecule has 9 nitrogen and oxygen atoms in total. The van der Waals surface area contributed by atoms with E-state index in [1.807, 2.05) is 11.8 Å². The van der Waals surface area contributed by atoms with E-state index in [0.29, 0.717) is 22.5 Å². The SMILES string of the molecule is C[C@@H]1CCCCN1C(=O)Cn1c(=O)n(CCC(=O)NCc2ccco2)c(=O)c2sccc21. The van der Waals surface area contributed by atoms with E-state index < -0.39 is 11.2 Å². The number of furan rings is 1. The number of nitrogens with zero attached hydrogens (tertiary/aromatic N) is 3. The van der Waals surface area contributed by atoms with Crippen molar-refractivity contribution in [1.82, 2.24) is 19.4 Å². The lowest BCUT2D eigenvalue weighted by Gasteiger charge is -2.33. The van der Waals surface area contributed by atoms with Crippen molar-refractivity contribution in [2.45, 2.75) is 58.3 Å². The fourth-order valence-electron chi connectivity index (χ4n) is 4.08. The molecule has 1 aliphatic rings. The Balaban J connectivity index is 1.54. The second-order valence-corrected chi connectivity index (χ2v) is 8.91. The molecule has 0 spiro atoms. The van der Waals surface area contributed by atoms with Crippen molar-refractivity contribution in [3.63, 3.8) is 0 Å². The Bertz CT molecular complexity index is 1220. The average Bonchev–Trinajstić information content (AvgIpc) is 3.47. The van der Waals surface area contributed by atoms with E-state index in [1.165, 1.54) is 22.2 Å². The minimum atomic E-state index is -0.572. The molecule has 1 aliphatic heterocycles. The van der Waals surface area contributed by atoms with Gasteiger partial charge in [0.1, 0.15) is 17.0 Å². The summed E-state index contributed by atoms with van der Waals surface area (Å²) in [6, 6.07) is 5.30. The van der Waals surface area contributed by atoms with Gasteiger partial charge in [0.25, 0.3) is 5.56 Å². The molecule has 1 fully saturated rings. The smallest absolute Gasteiger partial charge is 0.332 e. The highest BCUT2D eigenvalue weighted by Crippen LogP contribution is 2.19. The zero-order chi connectivity index (χ0) is 22.7. The molecule has 4 rings (SSSR count). The fourth-order valence-corrected chi connectivity index (χ4v) is 4.92. The first-order valence-electron chi connectivity index (χ1n) is 10.7. The molecule has 0 bridgehead atoms. The largest absolute Gasteiger partial charge is 0.467 e. The Morgan fingerprint density at radius 1 is 1.22 bits per heavy atom. The van der Waals surface area contributed by atoms with Crippen molar-refractivity contribution < 1.29 is 14.0 Å². The fraction of sp³-hybridized carbons (Fsp3) is 0.455. The number of hydrogen-bond donors (Lipinski definition) is 1. The van der Waals surface area contributed by atoms with E-state index in [9.17, 15) is 19.2 Å². The van der Waals surface area contributed by atoms with Crippen LogP contribution in [0.2, 0.25) is 0 Å². The lowest BCUT2D eigenvalue weighted by atomic mass is 10.0. The maximum atomic E-state index is 13.2. The molecule has 3 aromatic heterocycles. The molecule has 170 valence electrons. The van der Waals surface area contributed by atoms with E-state index >= 15 is 0 Å². The van der Waals surface area contributed by atoms with Crippen LogP contribution in [0.25, 0.3) is 10.2 Å². The highest BCUT2D eigenvalue weighted by molar-refractivity contribution is 7.17. The molecular formula is C22H26N4O5S. The molecule has 1 atom stereocenters. The molecule has 2 amide bonds. The van der Waals surface area contributed by atoms with Crippen LogP contribution >= 0.6 is 11.3 Å². The number of thiophene rings is 1. The van der Waals surface area contributed by atoms with Gasteiger partial charge in [0, 0.05) is 25.6 Å². The first-order valence-corrected chi connectivity index (χ1v) is 11.6. The van der Waals surface area contributed by atoms with Crippen LogP contribution in [0.3, 0.4) is 0 Å². The number of amides is 2. The molecule has 0 aliphatic carbocycles. The summed E-state index contributed by atoms with van der Waals surface area (Å²) in [7, 11) is 0. The summed E-state index contributed by atoms with van der Waals surface area (Å²) < 4.78 is 7.99. The highest BCUT2D eigenvalue weighted by Gasteiger charge is 2.25. The number of aromatic nitrogens is 2. The van der Waals surface area contributed by atoms with Crippen LogP contribution in [-0.2, 0) is 29.2 Å². The standard InChI is InChI=1S/C22H26N4O5S/c1-15-5-2-3-9-24(15)19(28)14-26-17-8-12-32-20(17)21(29)25(22(26)30)10-7-18(27)23-13-16-6-4-11-31-16/h4,6,8,11-12,15H,2-3,5,7,9-10,13-14H2,1H3,(H,23,27)/t15-/m1/s1.